The van der Waals surface area contributed by atoms with Crippen molar-refractivity contribution in [3.8, 4) is 11.8 Å². The van der Waals surface area contributed by atoms with Crippen LogP contribution in [0.2, 0.25) is 0 Å². The first-order chi connectivity index (χ1) is 15.5. The van der Waals surface area contributed by atoms with Crippen LogP contribution in [0, 0.1) is 25.7 Å². The minimum Gasteiger partial charge on any atom is -0.359 e. The second kappa shape index (κ2) is 11.6. The van der Waals surface area contributed by atoms with Crippen molar-refractivity contribution < 1.29 is 4.79 Å². The Hall–Kier alpha value is -3.69. The smallest absolute Gasteiger partial charge is 0.296 e. The minimum absolute atomic E-state index is 0.301. The lowest BCUT2D eigenvalue weighted by molar-refractivity contribution is -0.115. The highest BCUT2D eigenvalue weighted by Crippen LogP contribution is 2.09. The van der Waals surface area contributed by atoms with Crippen LogP contribution >= 0.6 is 12.2 Å². The fourth-order valence-electron chi connectivity index (χ4n) is 3.03. The molecular formula is C26H26N4OS. The first-order valence-corrected chi connectivity index (χ1v) is 10.8. The number of aromatic nitrogens is 1. The molecule has 0 fully saturated rings. The van der Waals surface area contributed by atoms with Gasteiger partial charge in [-0.1, -0.05) is 48.4 Å². The van der Waals surface area contributed by atoms with Gasteiger partial charge < -0.3 is 16.0 Å². The molecule has 0 unspecified atom stereocenters. The summed E-state index contributed by atoms with van der Waals surface area (Å²) < 4.78 is 0. The van der Waals surface area contributed by atoms with E-state index in [4.69, 9.17) is 12.2 Å². The van der Waals surface area contributed by atoms with Crippen molar-refractivity contribution in [3.63, 3.8) is 0 Å². The third kappa shape index (κ3) is 7.22. The molecule has 1 heterocycles. The zero-order chi connectivity index (χ0) is 22.8. The summed E-state index contributed by atoms with van der Waals surface area (Å²) in [5.74, 6) is 5.17. The number of rotatable bonds is 6. The van der Waals surface area contributed by atoms with Crippen molar-refractivity contribution in [2.24, 2.45) is 0 Å². The van der Waals surface area contributed by atoms with E-state index in [9.17, 15) is 4.79 Å². The van der Waals surface area contributed by atoms with Gasteiger partial charge in [-0.3, -0.25) is 9.78 Å². The Morgan fingerprint density at radius 3 is 2.34 bits per heavy atom. The summed E-state index contributed by atoms with van der Waals surface area (Å²) in [7, 11) is 0. The molecule has 0 aliphatic rings. The van der Waals surface area contributed by atoms with Gasteiger partial charge in [0, 0.05) is 43.0 Å². The van der Waals surface area contributed by atoms with Gasteiger partial charge in [-0.25, -0.2) is 0 Å². The molecule has 0 saturated heterocycles. The summed E-state index contributed by atoms with van der Waals surface area (Å²) >= 11 is 5.41. The molecule has 3 N–H and O–H groups in total. The molecule has 3 aromatic rings. The van der Waals surface area contributed by atoms with E-state index < -0.39 is 0 Å². The first-order valence-electron chi connectivity index (χ1n) is 10.4. The predicted molar refractivity (Wildman–Crippen MR) is 132 cm³/mol. The molecule has 1 amide bonds. The van der Waals surface area contributed by atoms with E-state index in [0.29, 0.717) is 24.7 Å². The summed E-state index contributed by atoms with van der Waals surface area (Å²) in [5.41, 5.74) is 6.27. The predicted octanol–water partition coefficient (Wildman–Crippen LogP) is 3.53. The average Bonchev–Trinajstić information content (AvgIpc) is 2.82. The minimum atomic E-state index is -0.301. The SMILES string of the molecule is Cc1nccc(CNC(=S)NCc2cccc(CNC(=O)C#Cc3ccccc3)c2)c1C. The van der Waals surface area contributed by atoms with Crippen molar-refractivity contribution in [2.75, 3.05) is 0 Å². The van der Waals surface area contributed by atoms with Crippen LogP contribution in [0.5, 0.6) is 0 Å². The summed E-state index contributed by atoms with van der Waals surface area (Å²) in [6.45, 7) is 5.72. The number of benzene rings is 2. The Bertz CT molecular complexity index is 1150. The second-order valence-electron chi connectivity index (χ2n) is 7.34. The Morgan fingerprint density at radius 2 is 1.59 bits per heavy atom. The van der Waals surface area contributed by atoms with E-state index in [0.717, 1.165) is 22.4 Å². The van der Waals surface area contributed by atoms with Crippen molar-refractivity contribution in [1.82, 2.24) is 20.9 Å². The van der Waals surface area contributed by atoms with Gasteiger partial charge in [0.2, 0.25) is 0 Å². The van der Waals surface area contributed by atoms with Crippen LogP contribution in [0.4, 0.5) is 0 Å². The maximum Gasteiger partial charge on any atom is 0.296 e. The van der Waals surface area contributed by atoms with Crippen LogP contribution < -0.4 is 16.0 Å². The molecule has 2 aromatic carbocycles. The van der Waals surface area contributed by atoms with Gasteiger partial charge in [0.1, 0.15) is 0 Å². The van der Waals surface area contributed by atoms with Crippen molar-refractivity contribution in [1.29, 1.82) is 0 Å². The highest BCUT2D eigenvalue weighted by molar-refractivity contribution is 7.80. The number of hydrogen-bond acceptors (Lipinski definition) is 3. The van der Waals surface area contributed by atoms with Gasteiger partial charge in [-0.05, 0) is 66.5 Å². The van der Waals surface area contributed by atoms with E-state index in [1.165, 1.54) is 11.1 Å². The molecule has 3 rings (SSSR count). The zero-order valence-electron chi connectivity index (χ0n) is 18.2. The summed E-state index contributed by atoms with van der Waals surface area (Å²) in [6.07, 6.45) is 1.81. The molecule has 0 saturated carbocycles. The van der Waals surface area contributed by atoms with Gasteiger partial charge in [0.15, 0.2) is 5.11 Å². The van der Waals surface area contributed by atoms with Crippen LogP contribution in [-0.4, -0.2) is 16.0 Å². The number of hydrogen-bond donors (Lipinski definition) is 3. The van der Waals surface area contributed by atoms with E-state index >= 15 is 0 Å². The van der Waals surface area contributed by atoms with Crippen LogP contribution in [-0.2, 0) is 24.4 Å². The third-order valence-corrected chi connectivity index (χ3v) is 5.29. The van der Waals surface area contributed by atoms with Crippen molar-refractivity contribution >= 4 is 23.2 Å². The van der Waals surface area contributed by atoms with Crippen molar-refractivity contribution in [2.45, 2.75) is 33.5 Å². The van der Waals surface area contributed by atoms with Gasteiger partial charge in [-0.15, -0.1) is 0 Å². The lowest BCUT2D eigenvalue weighted by Crippen LogP contribution is -2.34. The second-order valence-corrected chi connectivity index (χ2v) is 7.74. The van der Waals surface area contributed by atoms with Crippen LogP contribution in [0.15, 0.2) is 66.9 Å². The summed E-state index contributed by atoms with van der Waals surface area (Å²) in [5, 5.41) is 9.89. The van der Waals surface area contributed by atoms with E-state index in [1.807, 2.05) is 73.8 Å². The molecule has 0 atom stereocenters. The fraction of sp³-hybridized carbons (Fsp3) is 0.192. The number of amides is 1. The summed E-state index contributed by atoms with van der Waals surface area (Å²) in [6, 6.07) is 19.4. The Labute approximate surface area is 194 Å². The molecule has 0 radical (unpaired) electrons. The maximum absolute atomic E-state index is 12.0. The molecule has 0 aliphatic heterocycles. The zero-order valence-corrected chi connectivity index (χ0v) is 19.1. The van der Waals surface area contributed by atoms with Gasteiger partial charge in [-0.2, -0.15) is 0 Å². The highest BCUT2D eigenvalue weighted by Gasteiger charge is 2.04. The van der Waals surface area contributed by atoms with Crippen LogP contribution in [0.3, 0.4) is 0 Å². The summed E-state index contributed by atoms with van der Waals surface area (Å²) in [4.78, 5) is 16.3. The molecule has 0 bridgehead atoms. The standard InChI is InChI=1S/C26H26N4OS/c1-19-20(2)27-14-13-24(19)18-30-26(32)29-17-23-10-6-9-22(15-23)16-28-25(31)12-11-21-7-4-3-5-8-21/h3-10,13-15H,16-18H2,1-2H3,(H,28,31)(H2,29,30,32). The molecule has 1 aromatic heterocycles. The first kappa shape index (κ1) is 23.0. The topological polar surface area (TPSA) is 66.1 Å². The Morgan fingerprint density at radius 1 is 0.906 bits per heavy atom. The normalized spacial score (nSPS) is 9.94. The number of pyridine rings is 1. The molecule has 162 valence electrons. The quantitative estimate of drug-likeness (QED) is 0.403. The monoisotopic (exact) mass is 442 g/mol. The van der Waals surface area contributed by atoms with Crippen LogP contribution in [0.25, 0.3) is 0 Å². The van der Waals surface area contributed by atoms with E-state index in [1.54, 1.807) is 0 Å². The lowest BCUT2D eigenvalue weighted by atomic mass is 10.1. The van der Waals surface area contributed by atoms with Gasteiger partial charge in [0.05, 0.1) is 0 Å². The lowest BCUT2D eigenvalue weighted by Gasteiger charge is -2.13. The van der Waals surface area contributed by atoms with Gasteiger partial charge >= 0.3 is 0 Å². The number of thiocarbonyl (C=S) groups is 1. The number of nitrogens with one attached hydrogen (secondary N) is 3. The Kier molecular flexibility index (Phi) is 8.36. The number of carbonyl (C=O) groups excluding carboxylic acids is 1. The maximum atomic E-state index is 12.0. The molecule has 0 spiro atoms. The number of carbonyl (C=O) groups is 1. The van der Waals surface area contributed by atoms with E-state index in [2.05, 4.69) is 39.7 Å². The average molecular weight is 443 g/mol. The number of nitrogens with zero attached hydrogens (tertiary/aromatic N) is 1. The molecule has 5 nitrogen and oxygen atoms in total. The third-order valence-electron chi connectivity index (χ3n) is 5.00. The molecular weight excluding hydrogens is 416 g/mol. The van der Waals surface area contributed by atoms with E-state index in [-0.39, 0.29) is 5.91 Å². The molecule has 32 heavy (non-hydrogen) atoms. The Balaban J connectivity index is 1.45. The molecule has 0 aliphatic carbocycles. The molecule has 6 heteroatoms. The largest absolute Gasteiger partial charge is 0.359 e. The van der Waals surface area contributed by atoms with Crippen LogP contribution in [0.1, 0.15) is 33.5 Å². The van der Waals surface area contributed by atoms with Crippen molar-refractivity contribution in [3.05, 3.63) is 100 Å². The highest BCUT2D eigenvalue weighted by atomic mass is 32.1. The number of aryl methyl sites for hydroxylation is 1. The fourth-order valence-corrected chi connectivity index (χ4v) is 3.18. The van der Waals surface area contributed by atoms with Gasteiger partial charge in [0.25, 0.3) is 5.91 Å².